The number of nitrogens with zero attached hydrogens (tertiary/aromatic N) is 4. The van der Waals surface area contributed by atoms with Crippen LogP contribution < -0.4 is 15.8 Å². The van der Waals surface area contributed by atoms with Gasteiger partial charge in [0.1, 0.15) is 46.2 Å². The third-order valence-corrected chi connectivity index (χ3v) is 18.9. The molecule has 13 N–H and O–H groups in total. The molecule has 1 fully saturated rings. The van der Waals surface area contributed by atoms with E-state index in [0.29, 0.717) is 13.1 Å². The van der Waals surface area contributed by atoms with Gasteiger partial charge in [-0.2, -0.15) is 5.10 Å². The molecule has 3 aromatic carbocycles. The predicted octanol–water partition coefficient (Wildman–Crippen LogP) is 4.12. The van der Waals surface area contributed by atoms with Crippen molar-refractivity contribution in [2.24, 2.45) is 46.3 Å². The van der Waals surface area contributed by atoms with Gasteiger partial charge in [-0.05, 0) is 66.0 Å². The maximum atomic E-state index is 14.4. The zero-order chi connectivity index (χ0) is 67.6. The summed E-state index contributed by atoms with van der Waals surface area (Å²) < 4.78 is 23.6. The summed E-state index contributed by atoms with van der Waals surface area (Å²) >= 11 is 0. The first-order chi connectivity index (χ1) is 42.5. The van der Waals surface area contributed by atoms with Crippen molar-refractivity contribution in [2.75, 3.05) is 59.7 Å². The summed E-state index contributed by atoms with van der Waals surface area (Å²) in [5, 5.41) is 122. The lowest BCUT2D eigenvalue weighted by Crippen LogP contribution is -2.65. The van der Waals surface area contributed by atoms with Crippen LogP contribution in [0.25, 0.3) is 10.8 Å². The number of ketones is 3. The van der Waals surface area contributed by atoms with Gasteiger partial charge in [-0.15, -0.1) is 0 Å². The van der Waals surface area contributed by atoms with Gasteiger partial charge in [0.05, 0.1) is 70.2 Å². The van der Waals surface area contributed by atoms with Crippen LogP contribution in [0.4, 0.5) is 5.69 Å². The van der Waals surface area contributed by atoms with Gasteiger partial charge in [0.2, 0.25) is 5.78 Å². The first kappa shape index (κ1) is 68.5. The summed E-state index contributed by atoms with van der Waals surface area (Å²) in [4.78, 5) is 82.5. The number of benzene rings is 3. The number of carbonyl (C=O) groups is 6. The van der Waals surface area contributed by atoms with E-state index >= 15 is 0 Å². The van der Waals surface area contributed by atoms with Crippen molar-refractivity contribution in [3.05, 3.63) is 105 Å². The number of aromatic hydroxyl groups is 4. The molecule has 0 unspecified atom stereocenters. The molecule has 26 nitrogen and oxygen atoms in total. The first-order valence-electron chi connectivity index (χ1n) is 29.8. The summed E-state index contributed by atoms with van der Waals surface area (Å²) in [5.41, 5.74) is -1.00. The standard InChI is InChI=1S/C43H58N4O12.C22H24N2O8/c1-21-12-11-13-22(2)42(55)45-33-28(20-44-47-17-15-46(9)16-18-47)37(52)30-31(38(33)53)36(51)26(6)40-32(30)41(54)43(8,59-40)57-19-14-29(56-10)23(3)39(58-27(7)48)25(5)35(50)24(4)34(21)49;1-21(31)8-5-4-6-11(25)12(8)16(26)13-9(21)7-10-15(24(2)3)17(27)14(20(23)30)19(29)22(10,32)18(13)28/h11-14,19-21,23-25,29,34-35,39,49-53H,15-18H2,1-10H3,(H,45,55);4-6,9-10,15,25,27-28,31-32H,7H2,1-3H3,(H2,23,30)/b12-11+,19-14+,22-13-,44-20+;/t21-,23+,24+,25+,29-,34-,35+,39+,43-;9-,10-,15-,21+,22-/m00/s1. The van der Waals surface area contributed by atoms with Crippen molar-refractivity contribution in [1.29, 1.82) is 0 Å². The fourth-order valence-electron chi connectivity index (χ4n) is 13.4. The Morgan fingerprint density at radius 3 is 2.11 bits per heavy atom. The number of aliphatic hydroxyl groups excluding tert-OH is 4. The monoisotopic (exact) mass is 1270 g/mol. The quantitative estimate of drug-likeness (QED) is 0.0543. The van der Waals surface area contributed by atoms with E-state index in [1.54, 1.807) is 44.9 Å². The smallest absolute Gasteiger partial charge is 0.312 e. The highest BCUT2D eigenvalue weighted by Gasteiger charge is 2.66. The molecule has 2 amide bonds. The van der Waals surface area contributed by atoms with Gasteiger partial charge < -0.3 is 86.0 Å². The fourth-order valence-corrected chi connectivity index (χ4v) is 13.4. The Hall–Kier alpha value is -8.37. The minimum absolute atomic E-state index is 0.0559. The number of methoxy groups -OCH3 is 1. The van der Waals surface area contributed by atoms with Gasteiger partial charge >= 0.3 is 11.8 Å². The van der Waals surface area contributed by atoms with Crippen LogP contribution in [0.2, 0.25) is 0 Å². The number of nitrogens with two attached hydrogens (primary N) is 1. The number of amides is 2. The van der Waals surface area contributed by atoms with Crippen LogP contribution in [0.1, 0.15) is 99.2 Å². The van der Waals surface area contributed by atoms with Crippen LogP contribution in [0.3, 0.4) is 0 Å². The number of primary amides is 1. The zero-order valence-corrected chi connectivity index (χ0v) is 53.0. The summed E-state index contributed by atoms with van der Waals surface area (Å²) in [6.45, 7) is 16.5. The second-order valence-electron chi connectivity index (χ2n) is 25.1. The molecule has 0 saturated carbocycles. The van der Waals surface area contributed by atoms with E-state index in [2.05, 4.69) is 15.3 Å². The summed E-state index contributed by atoms with van der Waals surface area (Å²) in [5.74, 6) is -16.2. The number of ether oxygens (including phenoxy) is 4. The lowest BCUT2D eigenvalue weighted by atomic mass is 9.55. The third-order valence-electron chi connectivity index (χ3n) is 18.9. The molecule has 7 aliphatic rings. The van der Waals surface area contributed by atoms with Crippen LogP contribution in [0, 0.1) is 42.4 Å². The van der Waals surface area contributed by atoms with Gasteiger partial charge in [-0.1, -0.05) is 58.1 Å². The van der Waals surface area contributed by atoms with E-state index in [9.17, 15) is 79.8 Å². The number of nitrogens with one attached hydrogen (secondary N) is 1. The molecule has 1 saturated heterocycles. The molecular formula is C65H82N6O20. The molecule has 4 aliphatic heterocycles. The highest BCUT2D eigenvalue weighted by Crippen LogP contribution is 2.58. The molecule has 0 spiro atoms. The second-order valence-corrected chi connectivity index (χ2v) is 25.1. The van der Waals surface area contributed by atoms with Crippen LogP contribution in [-0.4, -0.2) is 203 Å². The zero-order valence-electron chi connectivity index (χ0n) is 53.0. The van der Waals surface area contributed by atoms with Crippen LogP contribution in [0.5, 0.6) is 28.7 Å². The van der Waals surface area contributed by atoms with Gasteiger partial charge in [0.15, 0.2) is 17.1 Å². The van der Waals surface area contributed by atoms with E-state index in [-0.39, 0.29) is 62.0 Å². The lowest BCUT2D eigenvalue weighted by molar-refractivity contribution is -0.160. The van der Waals surface area contributed by atoms with E-state index in [0.717, 1.165) is 13.1 Å². The van der Waals surface area contributed by atoms with Crippen molar-refractivity contribution in [2.45, 2.75) is 116 Å². The van der Waals surface area contributed by atoms with Crippen LogP contribution in [-0.2, 0) is 39.0 Å². The number of fused-ring (bicyclic) bond motifs is 17. The molecule has 3 aliphatic carbocycles. The molecule has 4 heterocycles. The highest BCUT2D eigenvalue weighted by atomic mass is 16.7. The largest absolute Gasteiger partial charge is 0.510 e. The number of piperazine rings is 1. The number of anilines is 1. The summed E-state index contributed by atoms with van der Waals surface area (Å²) in [6.07, 6.45) is 4.66. The number of allylic oxidation sites excluding steroid dienone is 2. The molecule has 91 heavy (non-hydrogen) atoms. The van der Waals surface area contributed by atoms with Crippen molar-refractivity contribution < 1.29 is 98.8 Å². The molecule has 26 heteroatoms. The van der Waals surface area contributed by atoms with Gasteiger partial charge in [0, 0.05) is 105 Å². The fraction of sp³-hybridized carbons (Fsp3) is 0.492. The molecule has 0 aromatic heterocycles. The molecule has 492 valence electrons. The lowest BCUT2D eigenvalue weighted by Gasteiger charge is -2.52. The van der Waals surface area contributed by atoms with E-state index in [1.165, 1.54) is 104 Å². The number of esters is 1. The molecule has 10 rings (SSSR count). The number of likely N-dealkylation sites (N-methyl/N-ethyl adjacent to an activating group) is 2. The Balaban J connectivity index is 0.000000279. The Morgan fingerprint density at radius 2 is 1.51 bits per heavy atom. The van der Waals surface area contributed by atoms with Crippen molar-refractivity contribution >= 4 is 57.8 Å². The number of phenols is 4. The maximum Gasteiger partial charge on any atom is 0.312 e. The maximum absolute atomic E-state index is 14.4. The van der Waals surface area contributed by atoms with Crippen molar-refractivity contribution in [1.82, 2.24) is 14.8 Å². The minimum Gasteiger partial charge on any atom is -0.510 e. The number of aliphatic hydroxyl groups is 6. The van der Waals surface area contributed by atoms with Crippen molar-refractivity contribution in [3.63, 3.8) is 0 Å². The summed E-state index contributed by atoms with van der Waals surface area (Å²) in [6, 6.07) is 3.05. The Morgan fingerprint density at radius 1 is 0.857 bits per heavy atom. The minimum atomic E-state index is -2.75. The third kappa shape index (κ3) is 11.9. The first-order valence-corrected chi connectivity index (χ1v) is 29.8. The van der Waals surface area contributed by atoms with E-state index in [1.807, 2.05) is 7.05 Å². The highest BCUT2D eigenvalue weighted by molar-refractivity contribution is 6.26. The van der Waals surface area contributed by atoms with Crippen molar-refractivity contribution in [3.8, 4) is 28.7 Å². The molecule has 5 bridgehead atoms. The summed E-state index contributed by atoms with van der Waals surface area (Å²) in [7, 11) is 6.48. The van der Waals surface area contributed by atoms with E-state index in [4.69, 9.17) is 24.7 Å². The topological polar surface area (TPSA) is 402 Å². The SMILES string of the molecule is CN(C)[C@@H]1C(O)=C(C(N)=O)C(=O)[C@@]2(O)C(O)=C3C(=O)c4c(O)cccc4[C@@](C)(O)[C@H]3C[C@@H]12.CO[C@H]1/C=C/O[C@@]2(C)Oc3c(C)c(O)c4c(O)c(c(/C=N/N5CCN(C)CC5)c(O)c4c3C2=O)NC(=O)/C(C)=C\C=C\[C@H](C)[C@H](O)[C@@H](C)[C@@H](O)[C@@H](C)[C@H](OC(C)=O)[C@@H]1C. The Kier molecular flexibility index (Phi) is 19.4. The molecule has 0 radical (unpaired) electrons. The molecule has 14 atom stereocenters. The number of Topliss-reactive ketones (excluding diaryl/α,β-unsaturated/α-hetero) is 3. The number of rotatable bonds is 6. The normalized spacial score (nSPS) is 32.9. The number of phenolic OH excluding ortho intramolecular Hbond substituents is 4. The average Bonchev–Trinajstić information content (AvgIpc) is 1.12. The molecular weight excluding hydrogens is 1180 g/mol. The van der Waals surface area contributed by atoms with Crippen LogP contribution in [0.15, 0.2) is 82.1 Å². The predicted molar refractivity (Wildman–Crippen MR) is 330 cm³/mol. The number of hydrogen-bond donors (Lipinski definition) is 12. The number of hydrazone groups is 1. The number of hydrogen-bond acceptors (Lipinski definition) is 24. The molecule has 3 aromatic rings. The van der Waals surface area contributed by atoms with Gasteiger partial charge in [-0.25, -0.2) is 0 Å². The number of carbonyl (C=O) groups excluding carboxylic acids is 6. The Labute approximate surface area is 525 Å². The average molecular weight is 1270 g/mol. The Bertz CT molecular complexity index is 3670. The van der Waals surface area contributed by atoms with Crippen LogP contribution >= 0.6 is 0 Å². The van der Waals surface area contributed by atoms with Gasteiger partial charge in [-0.3, -0.25) is 38.7 Å². The van der Waals surface area contributed by atoms with Gasteiger partial charge in [0.25, 0.3) is 17.6 Å². The van der Waals surface area contributed by atoms with E-state index < -0.39 is 164 Å². The second kappa shape index (κ2) is 25.7.